The van der Waals surface area contributed by atoms with Crippen molar-refractivity contribution in [2.45, 2.75) is 105 Å². The third kappa shape index (κ3) is 11.1. The Morgan fingerprint density at radius 3 is 2.04 bits per heavy atom. The van der Waals surface area contributed by atoms with E-state index >= 15 is 0 Å². The van der Waals surface area contributed by atoms with E-state index in [9.17, 15) is 19.2 Å². The lowest BCUT2D eigenvalue weighted by atomic mass is 9.76. The van der Waals surface area contributed by atoms with E-state index in [1.165, 1.54) is 43.0 Å². The Kier molecular flexibility index (Phi) is 13.9. The Bertz CT molecular complexity index is 1710. The number of carbonyl (C=O) groups excluding carboxylic acids is 4. The lowest BCUT2D eigenvalue weighted by Crippen LogP contribution is -2.45. The zero-order valence-electron chi connectivity index (χ0n) is 31.6. The second kappa shape index (κ2) is 17.2. The number of methoxy groups -OCH3 is 1. The molecule has 51 heavy (non-hydrogen) atoms. The standard InChI is InChI=1S/C41H53ClN2O7/c1-11-40(6,7)27-17-22-33(30(24-27)41(8,9)12-2)50-23-13-14-34(45)43-28-18-21-31(42)32(25-28)44-37(47)35(36(46)39(3,4)5)51-29-19-15-26(16-20-29)38(48)49-10/h15-22,24-25,35H,11-14,23H2,1-10H3,(H,43,45)(H,44,47). The first kappa shape index (κ1) is 41.1. The Morgan fingerprint density at radius 2 is 1.45 bits per heavy atom. The minimum atomic E-state index is -1.53. The van der Waals surface area contributed by atoms with Crippen LogP contribution in [-0.2, 0) is 30.0 Å². The van der Waals surface area contributed by atoms with Gasteiger partial charge in [0.1, 0.15) is 11.5 Å². The summed E-state index contributed by atoms with van der Waals surface area (Å²) in [4.78, 5) is 51.6. The van der Waals surface area contributed by atoms with Gasteiger partial charge in [0, 0.05) is 23.1 Å². The van der Waals surface area contributed by atoms with E-state index in [1.54, 1.807) is 32.9 Å². The largest absolute Gasteiger partial charge is 0.493 e. The average Bonchev–Trinajstić information content (AvgIpc) is 3.09. The van der Waals surface area contributed by atoms with E-state index in [2.05, 4.69) is 70.4 Å². The van der Waals surface area contributed by atoms with Gasteiger partial charge in [-0.15, -0.1) is 0 Å². The number of benzene rings is 3. The van der Waals surface area contributed by atoms with Crippen molar-refractivity contribution >= 4 is 46.5 Å². The van der Waals surface area contributed by atoms with Gasteiger partial charge in [-0.3, -0.25) is 14.4 Å². The molecule has 0 bridgehead atoms. The lowest BCUT2D eigenvalue weighted by Gasteiger charge is -2.30. The first-order valence-electron chi connectivity index (χ1n) is 17.4. The lowest BCUT2D eigenvalue weighted by molar-refractivity contribution is -0.140. The molecule has 0 spiro atoms. The summed E-state index contributed by atoms with van der Waals surface area (Å²) in [7, 11) is 1.27. The second-order valence-electron chi connectivity index (χ2n) is 15.0. The van der Waals surface area contributed by atoms with Gasteiger partial charge >= 0.3 is 5.97 Å². The molecule has 3 aromatic rings. The molecule has 0 aliphatic heterocycles. The Balaban J connectivity index is 1.67. The molecule has 2 N–H and O–H groups in total. The molecule has 0 aromatic heterocycles. The molecular weight excluding hydrogens is 668 g/mol. The van der Waals surface area contributed by atoms with E-state index < -0.39 is 29.2 Å². The van der Waals surface area contributed by atoms with Crippen LogP contribution in [0.3, 0.4) is 0 Å². The number of nitrogens with one attached hydrogen (secondary N) is 2. The summed E-state index contributed by atoms with van der Waals surface area (Å²) in [5, 5.41) is 5.74. The molecule has 9 nitrogen and oxygen atoms in total. The molecule has 276 valence electrons. The van der Waals surface area contributed by atoms with Crippen LogP contribution < -0.4 is 20.1 Å². The number of amides is 2. The maximum absolute atomic E-state index is 13.5. The summed E-state index contributed by atoms with van der Waals surface area (Å²) in [5.41, 5.74) is 2.41. The predicted octanol–water partition coefficient (Wildman–Crippen LogP) is 9.30. The van der Waals surface area contributed by atoms with Crippen LogP contribution in [0.4, 0.5) is 11.4 Å². The fourth-order valence-corrected chi connectivity index (χ4v) is 5.24. The first-order chi connectivity index (χ1) is 23.8. The van der Waals surface area contributed by atoms with Crippen LogP contribution in [0, 0.1) is 5.41 Å². The molecule has 2 amide bonds. The maximum atomic E-state index is 13.5. The fraction of sp³-hybridized carbons (Fsp3) is 0.463. The number of carbonyl (C=O) groups is 4. The van der Waals surface area contributed by atoms with E-state index in [0.717, 1.165) is 24.2 Å². The fourth-order valence-electron chi connectivity index (χ4n) is 5.08. The van der Waals surface area contributed by atoms with Gasteiger partial charge in [0.05, 0.1) is 30.0 Å². The summed E-state index contributed by atoms with van der Waals surface area (Å²) < 4.78 is 16.8. The Hall–Kier alpha value is -4.37. The quantitative estimate of drug-likeness (QED) is 0.0860. The van der Waals surface area contributed by atoms with Crippen molar-refractivity contribution in [3.8, 4) is 11.5 Å². The molecule has 10 heteroatoms. The summed E-state index contributed by atoms with van der Waals surface area (Å²) in [6.45, 7) is 18.7. The van der Waals surface area contributed by atoms with E-state index in [1.807, 2.05) is 0 Å². The molecular formula is C41H53ClN2O7. The number of ketones is 1. The van der Waals surface area contributed by atoms with Gasteiger partial charge in [-0.1, -0.05) is 86.0 Å². The first-order valence-corrected chi connectivity index (χ1v) is 17.8. The molecule has 0 aliphatic carbocycles. The molecule has 0 saturated heterocycles. The van der Waals surface area contributed by atoms with Crippen LogP contribution >= 0.6 is 11.6 Å². The molecule has 0 saturated carbocycles. The highest BCUT2D eigenvalue weighted by Crippen LogP contribution is 2.38. The smallest absolute Gasteiger partial charge is 0.337 e. The van der Waals surface area contributed by atoms with E-state index in [0.29, 0.717) is 18.7 Å². The zero-order chi connectivity index (χ0) is 38.1. The van der Waals surface area contributed by atoms with E-state index in [4.69, 9.17) is 25.8 Å². The van der Waals surface area contributed by atoms with Crippen LogP contribution in [0.2, 0.25) is 5.02 Å². The Morgan fingerprint density at radius 1 is 0.804 bits per heavy atom. The van der Waals surface area contributed by atoms with Gasteiger partial charge in [-0.25, -0.2) is 4.79 Å². The average molecular weight is 721 g/mol. The number of anilines is 2. The van der Waals surface area contributed by atoms with Gasteiger partial charge in [0.25, 0.3) is 5.91 Å². The molecule has 1 unspecified atom stereocenters. The number of hydrogen-bond acceptors (Lipinski definition) is 7. The summed E-state index contributed by atoms with van der Waals surface area (Å²) in [6, 6.07) is 17.1. The van der Waals surface area contributed by atoms with Crippen molar-refractivity contribution in [3.63, 3.8) is 0 Å². The molecule has 0 fully saturated rings. The topological polar surface area (TPSA) is 120 Å². The van der Waals surface area contributed by atoms with Gasteiger partial charge in [-0.05, 0) is 84.2 Å². The minimum absolute atomic E-state index is 0.0553. The van der Waals surface area contributed by atoms with E-state index in [-0.39, 0.29) is 45.2 Å². The number of esters is 1. The summed E-state index contributed by atoms with van der Waals surface area (Å²) >= 11 is 6.42. The van der Waals surface area contributed by atoms with Crippen LogP contribution in [-0.4, -0.2) is 43.4 Å². The minimum Gasteiger partial charge on any atom is -0.493 e. The van der Waals surface area contributed by atoms with Crippen molar-refractivity contribution in [2.24, 2.45) is 5.41 Å². The van der Waals surface area contributed by atoms with Gasteiger partial charge in [-0.2, -0.15) is 0 Å². The van der Waals surface area contributed by atoms with Crippen LogP contribution in [0.5, 0.6) is 11.5 Å². The van der Waals surface area contributed by atoms with Crippen molar-refractivity contribution in [3.05, 3.63) is 82.4 Å². The molecule has 0 aliphatic rings. The number of Topliss-reactive ketones (excluding diaryl/α,β-unsaturated/α-hetero) is 1. The van der Waals surface area contributed by atoms with Gasteiger partial charge in [0.15, 0.2) is 5.78 Å². The van der Waals surface area contributed by atoms with Crippen LogP contribution in [0.1, 0.15) is 109 Å². The third-order valence-electron chi connectivity index (χ3n) is 9.32. The molecule has 0 radical (unpaired) electrons. The monoisotopic (exact) mass is 720 g/mol. The van der Waals surface area contributed by atoms with Crippen molar-refractivity contribution in [2.75, 3.05) is 24.4 Å². The Labute approximate surface area is 307 Å². The van der Waals surface area contributed by atoms with Crippen LogP contribution in [0.25, 0.3) is 0 Å². The van der Waals surface area contributed by atoms with Crippen molar-refractivity contribution in [1.29, 1.82) is 0 Å². The van der Waals surface area contributed by atoms with Crippen LogP contribution in [0.15, 0.2) is 60.7 Å². The number of halogens is 1. The number of ether oxygens (including phenoxy) is 3. The highest BCUT2D eigenvalue weighted by Gasteiger charge is 2.37. The van der Waals surface area contributed by atoms with Gasteiger partial charge < -0.3 is 24.8 Å². The highest BCUT2D eigenvalue weighted by atomic mass is 35.5. The zero-order valence-corrected chi connectivity index (χ0v) is 32.4. The van der Waals surface area contributed by atoms with Crippen molar-refractivity contribution < 1.29 is 33.4 Å². The highest BCUT2D eigenvalue weighted by molar-refractivity contribution is 6.34. The molecule has 1 atom stereocenters. The number of hydrogen-bond donors (Lipinski definition) is 2. The third-order valence-corrected chi connectivity index (χ3v) is 9.65. The molecule has 0 heterocycles. The van der Waals surface area contributed by atoms with Crippen molar-refractivity contribution in [1.82, 2.24) is 0 Å². The normalized spacial score (nSPS) is 12.5. The molecule has 3 aromatic carbocycles. The summed E-state index contributed by atoms with van der Waals surface area (Å²) in [6.07, 6.45) is 1.16. The predicted molar refractivity (Wildman–Crippen MR) is 203 cm³/mol. The number of rotatable bonds is 16. The molecule has 3 rings (SSSR count). The summed E-state index contributed by atoms with van der Waals surface area (Å²) in [5.74, 6) is -0.927. The SMILES string of the molecule is CCC(C)(C)c1ccc(OCCCC(=O)Nc2ccc(Cl)c(NC(=O)C(Oc3ccc(C(=O)OC)cc3)C(=O)C(C)(C)C)c2)c(C(C)(C)CC)c1. The van der Waals surface area contributed by atoms with Gasteiger partial charge in [0.2, 0.25) is 12.0 Å². The second-order valence-corrected chi connectivity index (χ2v) is 15.4. The maximum Gasteiger partial charge on any atom is 0.337 e.